The van der Waals surface area contributed by atoms with E-state index in [9.17, 15) is 9.90 Å². The van der Waals surface area contributed by atoms with Crippen LogP contribution in [0, 0.1) is 0 Å². The van der Waals surface area contributed by atoms with Crippen molar-refractivity contribution < 1.29 is 14.6 Å². The molecule has 1 fully saturated rings. The molecule has 1 saturated heterocycles. The van der Waals surface area contributed by atoms with Gasteiger partial charge in [-0.1, -0.05) is 18.2 Å². The zero-order chi connectivity index (χ0) is 13.2. The molecule has 1 aromatic heterocycles. The Morgan fingerprint density at radius 2 is 2.26 bits per heavy atom. The van der Waals surface area contributed by atoms with E-state index < -0.39 is 12.0 Å². The first-order chi connectivity index (χ1) is 9.27. The molecule has 1 unspecified atom stereocenters. The average Bonchev–Trinajstić information content (AvgIpc) is 2.46. The van der Waals surface area contributed by atoms with Gasteiger partial charge in [0.2, 0.25) is 0 Å². The van der Waals surface area contributed by atoms with E-state index in [0.717, 1.165) is 16.6 Å². The molecule has 0 aliphatic carbocycles. The number of benzene rings is 1. The smallest absolute Gasteiger partial charge is 0.328 e. The van der Waals surface area contributed by atoms with Gasteiger partial charge in [0.1, 0.15) is 0 Å². The van der Waals surface area contributed by atoms with Crippen LogP contribution in [-0.2, 0) is 9.53 Å². The number of carboxylic acids is 1. The van der Waals surface area contributed by atoms with Crippen LogP contribution in [0.25, 0.3) is 10.9 Å². The number of morpholine rings is 1. The molecule has 0 saturated carbocycles. The Morgan fingerprint density at radius 1 is 1.42 bits per heavy atom. The number of rotatable bonds is 2. The zero-order valence-corrected chi connectivity index (χ0v) is 10.2. The number of anilines is 1. The second-order valence-corrected chi connectivity index (χ2v) is 4.37. The van der Waals surface area contributed by atoms with Gasteiger partial charge in [-0.3, -0.25) is 0 Å². The largest absolute Gasteiger partial charge is 0.480 e. The fraction of sp³-hybridized carbons (Fsp3) is 0.308. The first-order valence-corrected chi connectivity index (χ1v) is 6.05. The Morgan fingerprint density at radius 3 is 3.11 bits per heavy atom. The maximum absolute atomic E-state index is 11.3. The van der Waals surface area contributed by atoms with Crippen molar-refractivity contribution in [1.82, 2.24) is 10.2 Å². The van der Waals surface area contributed by atoms with Crippen molar-refractivity contribution in [2.45, 2.75) is 6.04 Å². The molecule has 1 N–H and O–H groups in total. The molecule has 1 aliphatic heterocycles. The van der Waals surface area contributed by atoms with Crippen LogP contribution >= 0.6 is 0 Å². The molecule has 1 aromatic carbocycles. The van der Waals surface area contributed by atoms with Gasteiger partial charge >= 0.3 is 5.97 Å². The molecule has 0 spiro atoms. The topological polar surface area (TPSA) is 75.6 Å². The van der Waals surface area contributed by atoms with Gasteiger partial charge in [0, 0.05) is 11.9 Å². The number of aliphatic carboxylic acids is 1. The third kappa shape index (κ3) is 2.10. The first-order valence-electron chi connectivity index (χ1n) is 6.05. The van der Waals surface area contributed by atoms with E-state index in [-0.39, 0.29) is 6.61 Å². The lowest BCUT2D eigenvalue weighted by atomic mass is 10.1. The summed E-state index contributed by atoms with van der Waals surface area (Å²) in [6.45, 7) is 1.24. The Labute approximate surface area is 109 Å². The minimum atomic E-state index is -0.888. The summed E-state index contributed by atoms with van der Waals surface area (Å²) in [4.78, 5) is 13.1. The molecule has 3 rings (SSSR count). The van der Waals surface area contributed by atoms with Crippen LogP contribution in [0.5, 0.6) is 0 Å². The van der Waals surface area contributed by atoms with Crippen LogP contribution < -0.4 is 4.90 Å². The summed E-state index contributed by atoms with van der Waals surface area (Å²) in [7, 11) is 0. The molecule has 0 amide bonds. The van der Waals surface area contributed by atoms with Gasteiger partial charge in [0.05, 0.1) is 30.6 Å². The summed E-state index contributed by atoms with van der Waals surface area (Å²) in [6.07, 6.45) is 1.61. The maximum atomic E-state index is 11.3. The summed E-state index contributed by atoms with van der Waals surface area (Å²) in [5.74, 6) is -0.888. The number of carbonyl (C=O) groups is 1. The molecule has 1 aliphatic rings. The van der Waals surface area contributed by atoms with Crippen LogP contribution in [0.1, 0.15) is 0 Å². The Balaban J connectivity index is 2.09. The standard InChI is InChI=1S/C13H13N3O3/c17-13(18)12-8-19-6-5-16(12)11-7-14-15-10-4-2-1-3-9(10)11/h1-4,7,12H,5-6,8H2,(H,17,18). The molecule has 2 aromatic rings. The number of aromatic nitrogens is 2. The number of fused-ring (bicyclic) bond motifs is 1. The molecule has 19 heavy (non-hydrogen) atoms. The summed E-state index contributed by atoms with van der Waals surface area (Å²) in [5, 5.41) is 18.2. The quantitative estimate of drug-likeness (QED) is 0.864. The van der Waals surface area contributed by atoms with Gasteiger partial charge in [-0.2, -0.15) is 10.2 Å². The third-order valence-corrected chi connectivity index (χ3v) is 3.25. The predicted octanol–water partition coefficient (Wildman–Crippen LogP) is 0.920. The average molecular weight is 259 g/mol. The van der Waals surface area contributed by atoms with Crippen LogP contribution in [0.4, 0.5) is 5.69 Å². The molecular weight excluding hydrogens is 246 g/mol. The lowest BCUT2D eigenvalue weighted by molar-refractivity contribution is -0.141. The lowest BCUT2D eigenvalue weighted by Crippen LogP contribution is -2.50. The molecule has 6 nitrogen and oxygen atoms in total. The van der Waals surface area contributed by atoms with E-state index in [0.29, 0.717) is 13.2 Å². The van der Waals surface area contributed by atoms with Gasteiger partial charge in [0.15, 0.2) is 6.04 Å². The SMILES string of the molecule is O=C(O)C1COCCN1c1cnnc2ccccc12. The van der Waals surface area contributed by atoms with Crippen molar-refractivity contribution in [2.75, 3.05) is 24.7 Å². The normalized spacial score (nSPS) is 19.6. The number of carboxylic acid groups (broad SMARTS) is 1. The van der Waals surface area contributed by atoms with Crippen LogP contribution in [-0.4, -0.2) is 47.1 Å². The summed E-state index contributed by atoms with van der Waals surface area (Å²) in [5.41, 5.74) is 1.55. The molecule has 1 atom stereocenters. The predicted molar refractivity (Wildman–Crippen MR) is 69.1 cm³/mol. The summed E-state index contributed by atoms with van der Waals surface area (Å²) < 4.78 is 5.25. The van der Waals surface area contributed by atoms with Crippen LogP contribution in [0.15, 0.2) is 30.5 Å². The van der Waals surface area contributed by atoms with Gasteiger partial charge in [-0.05, 0) is 6.07 Å². The Kier molecular flexibility index (Phi) is 3.00. The van der Waals surface area contributed by atoms with Crippen molar-refractivity contribution >= 4 is 22.6 Å². The number of hydrogen-bond acceptors (Lipinski definition) is 5. The highest BCUT2D eigenvalue weighted by atomic mass is 16.5. The second kappa shape index (κ2) is 4.81. The molecular formula is C13H13N3O3. The van der Waals surface area contributed by atoms with E-state index in [1.165, 1.54) is 0 Å². The minimum absolute atomic E-state index is 0.186. The fourth-order valence-corrected chi connectivity index (χ4v) is 2.32. The molecule has 6 heteroatoms. The number of hydrogen-bond donors (Lipinski definition) is 1. The van der Waals surface area contributed by atoms with Gasteiger partial charge in [-0.15, -0.1) is 0 Å². The Bertz CT molecular complexity index is 612. The molecule has 2 heterocycles. The number of nitrogens with zero attached hydrogens (tertiary/aromatic N) is 3. The second-order valence-electron chi connectivity index (χ2n) is 4.37. The summed E-state index contributed by atoms with van der Waals surface area (Å²) in [6, 6.07) is 6.90. The Hall–Kier alpha value is -2.21. The monoisotopic (exact) mass is 259 g/mol. The van der Waals surface area contributed by atoms with Crippen molar-refractivity contribution in [2.24, 2.45) is 0 Å². The zero-order valence-electron chi connectivity index (χ0n) is 10.2. The summed E-state index contributed by atoms with van der Waals surface area (Å²) >= 11 is 0. The van der Waals surface area contributed by atoms with E-state index in [2.05, 4.69) is 10.2 Å². The van der Waals surface area contributed by atoms with E-state index in [1.807, 2.05) is 29.2 Å². The highest BCUT2D eigenvalue weighted by molar-refractivity contribution is 5.93. The van der Waals surface area contributed by atoms with Gasteiger partial charge in [0.25, 0.3) is 0 Å². The van der Waals surface area contributed by atoms with Gasteiger partial charge in [-0.25, -0.2) is 4.79 Å². The highest BCUT2D eigenvalue weighted by Gasteiger charge is 2.30. The van der Waals surface area contributed by atoms with Crippen molar-refractivity contribution in [3.8, 4) is 0 Å². The van der Waals surface area contributed by atoms with E-state index in [1.54, 1.807) is 6.20 Å². The van der Waals surface area contributed by atoms with Crippen LogP contribution in [0.2, 0.25) is 0 Å². The van der Waals surface area contributed by atoms with Gasteiger partial charge < -0.3 is 14.7 Å². The number of ether oxygens (including phenoxy) is 1. The van der Waals surface area contributed by atoms with Crippen molar-refractivity contribution in [3.63, 3.8) is 0 Å². The minimum Gasteiger partial charge on any atom is -0.480 e. The van der Waals surface area contributed by atoms with Crippen LogP contribution in [0.3, 0.4) is 0 Å². The lowest BCUT2D eigenvalue weighted by Gasteiger charge is -2.34. The third-order valence-electron chi connectivity index (χ3n) is 3.25. The first kappa shape index (κ1) is 11.9. The highest BCUT2D eigenvalue weighted by Crippen LogP contribution is 2.27. The van der Waals surface area contributed by atoms with E-state index >= 15 is 0 Å². The maximum Gasteiger partial charge on any atom is 0.328 e. The van der Waals surface area contributed by atoms with E-state index in [4.69, 9.17) is 4.74 Å². The van der Waals surface area contributed by atoms with Crippen molar-refractivity contribution in [1.29, 1.82) is 0 Å². The molecule has 0 bridgehead atoms. The molecule has 98 valence electrons. The fourth-order valence-electron chi connectivity index (χ4n) is 2.32. The molecule has 0 radical (unpaired) electrons. The van der Waals surface area contributed by atoms with Crippen molar-refractivity contribution in [3.05, 3.63) is 30.5 Å².